The van der Waals surface area contributed by atoms with E-state index in [0.29, 0.717) is 6.54 Å². The molecule has 26 heavy (non-hydrogen) atoms. The molecule has 0 bridgehead atoms. The molecule has 0 aromatic heterocycles. The smallest absolute Gasteiger partial charge is 0.234 e. The Kier molecular flexibility index (Phi) is 5.18. The molecule has 2 aromatic carbocycles. The van der Waals surface area contributed by atoms with Gasteiger partial charge in [-0.05, 0) is 37.6 Å². The predicted octanol–water partition coefficient (Wildman–Crippen LogP) is 3.60. The number of nitrogens with one attached hydrogen (secondary N) is 1. The standard InChI is InChI=1S/C21H22F2N2O/c1-15(2)24-20(26)14-25-12-6-11-21(25,16-7-4-3-5-8-16)18-13-17(22)9-10-19(18)23/h3-11,13,15H,12,14H2,1-2H3,(H,24,26)/t21-/m0/s1. The van der Waals surface area contributed by atoms with Gasteiger partial charge >= 0.3 is 0 Å². The van der Waals surface area contributed by atoms with Crippen LogP contribution in [0.2, 0.25) is 0 Å². The Morgan fingerprint density at radius 3 is 2.62 bits per heavy atom. The molecule has 0 fully saturated rings. The first-order valence-electron chi connectivity index (χ1n) is 8.66. The first-order chi connectivity index (χ1) is 12.4. The number of rotatable bonds is 5. The highest BCUT2D eigenvalue weighted by atomic mass is 19.1. The van der Waals surface area contributed by atoms with Crippen LogP contribution in [0.3, 0.4) is 0 Å². The molecule has 1 atom stereocenters. The molecule has 5 heteroatoms. The van der Waals surface area contributed by atoms with Gasteiger partial charge in [-0.3, -0.25) is 9.69 Å². The van der Waals surface area contributed by atoms with Crippen molar-refractivity contribution < 1.29 is 13.6 Å². The number of carbonyl (C=O) groups is 1. The fourth-order valence-corrected chi connectivity index (χ4v) is 3.51. The van der Waals surface area contributed by atoms with Gasteiger partial charge in [-0.25, -0.2) is 8.78 Å². The molecule has 0 spiro atoms. The number of benzene rings is 2. The van der Waals surface area contributed by atoms with Crippen LogP contribution in [0.5, 0.6) is 0 Å². The van der Waals surface area contributed by atoms with Gasteiger partial charge in [0, 0.05) is 18.2 Å². The maximum absolute atomic E-state index is 14.7. The number of amides is 1. The third-order valence-electron chi connectivity index (χ3n) is 4.52. The van der Waals surface area contributed by atoms with E-state index in [1.54, 1.807) is 0 Å². The van der Waals surface area contributed by atoms with E-state index >= 15 is 0 Å². The second-order valence-electron chi connectivity index (χ2n) is 6.76. The molecule has 1 N–H and O–H groups in total. The summed E-state index contributed by atoms with van der Waals surface area (Å²) in [6.45, 7) is 4.32. The van der Waals surface area contributed by atoms with Crippen molar-refractivity contribution in [2.24, 2.45) is 0 Å². The topological polar surface area (TPSA) is 32.3 Å². The number of halogens is 2. The highest BCUT2D eigenvalue weighted by Crippen LogP contribution is 2.41. The van der Waals surface area contributed by atoms with Gasteiger partial charge in [0.2, 0.25) is 5.91 Å². The van der Waals surface area contributed by atoms with Crippen LogP contribution in [-0.2, 0) is 10.3 Å². The van der Waals surface area contributed by atoms with Crippen molar-refractivity contribution in [3.8, 4) is 0 Å². The van der Waals surface area contributed by atoms with Crippen LogP contribution in [0.15, 0.2) is 60.7 Å². The van der Waals surface area contributed by atoms with E-state index in [2.05, 4.69) is 5.32 Å². The number of nitrogens with zero attached hydrogens (tertiary/aromatic N) is 1. The molecule has 0 unspecified atom stereocenters. The Morgan fingerprint density at radius 2 is 1.92 bits per heavy atom. The Balaban J connectivity index is 2.10. The van der Waals surface area contributed by atoms with Crippen LogP contribution in [0.25, 0.3) is 0 Å². The molecule has 3 rings (SSSR count). The predicted molar refractivity (Wildman–Crippen MR) is 97.6 cm³/mol. The summed E-state index contributed by atoms with van der Waals surface area (Å²) in [7, 11) is 0. The maximum atomic E-state index is 14.7. The van der Waals surface area contributed by atoms with Crippen LogP contribution in [0.4, 0.5) is 8.78 Å². The summed E-state index contributed by atoms with van der Waals surface area (Å²) in [5.41, 5.74) is -0.0349. The van der Waals surface area contributed by atoms with Crippen LogP contribution < -0.4 is 5.32 Å². The van der Waals surface area contributed by atoms with Crippen LogP contribution in [0, 0.1) is 11.6 Å². The second-order valence-corrected chi connectivity index (χ2v) is 6.76. The van der Waals surface area contributed by atoms with Gasteiger partial charge in [-0.2, -0.15) is 0 Å². The lowest BCUT2D eigenvalue weighted by Gasteiger charge is -2.39. The minimum absolute atomic E-state index is 0.00935. The molecular weight excluding hydrogens is 334 g/mol. The third-order valence-corrected chi connectivity index (χ3v) is 4.52. The quantitative estimate of drug-likeness (QED) is 0.830. The SMILES string of the molecule is CC(C)NC(=O)CN1CC=C[C@]1(c1ccccc1)c1cc(F)ccc1F. The highest BCUT2D eigenvalue weighted by Gasteiger charge is 2.43. The van der Waals surface area contributed by atoms with E-state index in [9.17, 15) is 13.6 Å². The fourth-order valence-electron chi connectivity index (χ4n) is 3.51. The molecule has 1 aliphatic rings. The van der Waals surface area contributed by atoms with Crippen molar-refractivity contribution in [2.75, 3.05) is 13.1 Å². The van der Waals surface area contributed by atoms with Crippen LogP contribution >= 0.6 is 0 Å². The molecule has 1 heterocycles. The first kappa shape index (κ1) is 18.3. The Hall–Kier alpha value is -2.53. The van der Waals surface area contributed by atoms with E-state index in [4.69, 9.17) is 0 Å². The normalized spacial score (nSPS) is 19.9. The molecule has 1 aliphatic heterocycles. The summed E-state index contributed by atoms with van der Waals surface area (Å²) in [6, 6.07) is 12.8. The Morgan fingerprint density at radius 1 is 1.19 bits per heavy atom. The Bertz CT molecular complexity index is 820. The van der Waals surface area contributed by atoms with E-state index in [0.717, 1.165) is 17.7 Å². The monoisotopic (exact) mass is 356 g/mol. The van der Waals surface area contributed by atoms with Crippen molar-refractivity contribution in [3.05, 3.63) is 83.4 Å². The molecular formula is C21H22F2N2O. The summed E-state index contributed by atoms with van der Waals surface area (Å²) in [6.07, 6.45) is 3.74. The lowest BCUT2D eigenvalue weighted by molar-refractivity contribution is -0.123. The summed E-state index contributed by atoms with van der Waals surface area (Å²) in [4.78, 5) is 14.2. The van der Waals surface area contributed by atoms with Crippen LogP contribution in [0.1, 0.15) is 25.0 Å². The zero-order valence-corrected chi connectivity index (χ0v) is 14.9. The van der Waals surface area contributed by atoms with Crippen molar-refractivity contribution in [3.63, 3.8) is 0 Å². The molecule has 0 radical (unpaired) electrons. The van der Waals surface area contributed by atoms with E-state index in [-0.39, 0.29) is 24.1 Å². The largest absolute Gasteiger partial charge is 0.353 e. The maximum Gasteiger partial charge on any atom is 0.234 e. The van der Waals surface area contributed by atoms with Gasteiger partial charge in [0.15, 0.2) is 0 Å². The van der Waals surface area contributed by atoms with Crippen molar-refractivity contribution in [2.45, 2.75) is 25.4 Å². The van der Waals surface area contributed by atoms with Crippen molar-refractivity contribution in [1.82, 2.24) is 10.2 Å². The van der Waals surface area contributed by atoms with Gasteiger partial charge in [-0.1, -0.05) is 42.5 Å². The molecule has 3 nitrogen and oxygen atoms in total. The molecule has 0 aliphatic carbocycles. The van der Waals surface area contributed by atoms with Crippen molar-refractivity contribution in [1.29, 1.82) is 0 Å². The van der Waals surface area contributed by atoms with E-state index < -0.39 is 17.2 Å². The average Bonchev–Trinajstić information content (AvgIpc) is 3.01. The molecule has 2 aromatic rings. The lowest BCUT2D eigenvalue weighted by atomic mass is 9.82. The molecule has 0 saturated heterocycles. The number of hydrogen-bond acceptors (Lipinski definition) is 2. The summed E-state index contributed by atoms with van der Waals surface area (Å²) in [5.74, 6) is -1.17. The third kappa shape index (κ3) is 3.40. The van der Waals surface area contributed by atoms with E-state index in [1.165, 1.54) is 6.07 Å². The minimum Gasteiger partial charge on any atom is -0.353 e. The summed E-state index contributed by atoms with van der Waals surface area (Å²) >= 11 is 0. The average molecular weight is 356 g/mol. The van der Waals surface area contributed by atoms with Crippen molar-refractivity contribution >= 4 is 5.91 Å². The minimum atomic E-state index is -1.03. The number of carbonyl (C=O) groups excluding carboxylic acids is 1. The molecule has 136 valence electrons. The fraction of sp³-hybridized carbons (Fsp3) is 0.286. The van der Waals surface area contributed by atoms with Gasteiger partial charge in [0.1, 0.15) is 11.6 Å². The van der Waals surface area contributed by atoms with Gasteiger partial charge in [0.25, 0.3) is 0 Å². The number of hydrogen-bond donors (Lipinski definition) is 1. The van der Waals surface area contributed by atoms with E-state index in [1.807, 2.05) is 61.2 Å². The van der Waals surface area contributed by atoms with Gasteiger partial charge in [0.05, 0.1) is 12.1 Å². The zero-order valence-electron chi connectivity index (χ0n) is 14.9. The summed E-state index contributed by atoms with van der Waals surface area (Å²) < 4.78 is 28.7. The van der Waals surface area contributed by atoms with Gasteiger partial charge < -0.3 is 5.32 Å². The summed E-state index contributed by atoms with van der Waals surface area (Å²) in [5, 5.41) is 2.86. The second kappa shape index (κ2) is 7.38. The molecule has 1 amide bonds. The lowest BCUT2D eigenvalue weighted by Crippen LogP contribution is -2.49. The van der Waals surface area contributed by atoms with Crippen LogP contribution in [-0.4, -0.2) is 29.9 Å². The van der Waals surface area contributed by atoms with Gasteiger partial charge in [-0.15, -0.1) is 0 Å². The highest BCUT2D eigenvalue weighted by molar-refractivity contribution is 5.78. The molecule has 0 saturated carbocycles. The Labute approximate surface area is 152 Å². The first-order valence-corrected chi connectivity index (χ1v) is 8.66. The zero-order chi connectivity index (χ0) is 18.7.